The Kier molecular flexibility index (Phi) is 63.7. The normalized spacial score (nSPS) is 14.1. The van der Waals surface area contributed by atoms with E-state index in [0.29, 0.717) is 25.7 Å². The first-order valence-electron chi connectivity index (χ1n) is 38.0. The highest BCUT2D eigenvalue weighted by atomic mass is 31.2. The highest BCUT2D eigenvalue weighted by molar-refractivity contribution is 7.47. The average Bonchev–Trinajstić information content (AvgIpc) is 1.52. The topological polar surface area (TPSA) is 237 Å². The number of hydrogen-bond acceptors (Lipinski definition) is 15. The van der Waals surface area contributed by atoms with Gasteiger partial charge in [0.05, 0.1) is 26.4 Å². The van der Waals surface area contributed by atoms with Gasteiger partial charge in [-0.15, -0.1) is 0 Å². The minimum atomic E-state index is -4.95. The van der Waals surface area contributed by atoms with E-state index in [2.05, 4.69) is 41.5 Å². The van der Waals surface area contributed by atoms with Gasteiger partial charge in [-0.05, 0) is 37.5 Å². The summed E-state index contributed by atoms with van der Waals surface area (Å²) in [6, 6.07) is 0. The van der Waals surface area contributed by atoms with E-state index in [9.17, 15) is 43.2 Å². The first-order chi connectivity index (χ1) is 44.4. The van der Waals surface area contributed by atoms with Crippen LogP contribution in [0.2, 0.25) is 0 Å². The molecule has 5 atom stereocenters. The van der Waals surface area contributed by atoms with Crippen molar-refractivity contribution in [2.75, 3.05) is 39.6 Å². The van der Waals surface area contributed by atoms with Crippen molar-refractivity contribution in [3.63, 3.8) is 0 Å². The molecule has 2 unspecified atom stereocenters. The van der Waals surface area contributed by atoms with Crippen LogP contribution in [0.5, 0.6) is 0 Å². The number of hydrogen-bond donors (Lipinski definition) is 3. The van der Waals surface area contributed by atoms with Gasteiger partial charge in [0.25, 0.3) is 0 Å². The van der Waals surface area contributed by atoms with Gasteiger partial charge in [0, 0.05) is 25.7 Å². The van der Waals surface area contributed by atoms with Crippen molar-refractivity contribution in [3.05, 3.63) is 0 Å². The maximum Gasteiger partial charge on any atom is 0.472 e. The molecule has 0 rings (SSSR count). The van der Waals surface area contributed by atoms with Crippen LogP contribution < -0.4 is 0 Å². The van der Waals surface area contributed by atoms with Gasteiger partial charge in [-0.3, -0.25) is 37.3 Å². The molecular formula is C73H142O17P2. The summed E-state index contributed by atoms with van der Waals surface area (Å²) in [4.78, 5) is 72.7. The summed E-state index contributed by atoms with van der Waals surface area (Å²) in [5.41, 5.74) is 0. The molecule has 0 aromatic carbocycles. The number of esters is 4. The van der Waals surface area contributed by atoms with Crippen molar-refractivity contribution >= 4 is 39.5 Å². The second-order valence-electron chi connectivity index (χ2n) is 27.3. The Labute approximate surface area is 562 Å². The second kappa shape index (κ2) is 65.0. The van der Waals surface area contributed by atoms with Gasteiger partial charge in [-0.2, -0.15) is 0 Å². The van der Waals surface area contributed by atoms with E-state index in [1.54, 1.807) is 0 Å². The molecule has 0 saturated heterocycles. The molecule has 17 nitrogen and oxygen atoms in total. The third kappa shape index (κ3) is 66.7. The van der Waals surface area contributed by atoms with Gasteiger partial charge < -0.3 is 33.8 Å². The number of carbonyl (C=O) groups excluding carboxylic acids is 4. The third-order valence-electron chi connectivity index (χ3n) is 17.0. The van der Waals surface area contributed by atoms with Gasteiger partial charge in [-0.25, -0.2) is 9.13 Å². The number of aliphatic hydroxyl groups excluding tert-OH is 1. The van der Waals surface area contributed by atoms with Crippen molar-refractivity contribution in [2.45, 2.75) is 394 Å². The summed E-state index contributed by atoms with van der Waals surface area (Å²) >= 11 is 0. The van der Waals surface area contributed by atoms with Crippen LogP contribution in [-0.2, 0) is 65.4 Å². The molecule has 0 saturated carbocycles. The third-order valence-corrected chi connectivity index (χ3v) is 18.9. The zero-order valence-electron chi connectivity index (χ0n) is 59.9. The van der Waals surface area contributed by atoms with Crippen LogP contribution in [0.3, 0.4) is 0 Å². The summed E-state index contributed by atoms with van der Waals surface area (Å²) in [5.74, 6) is -0.656. The van der Waals surface area contributed by atoms with E-state index in [4.69, 9.17) is 37.0 Å². The SMILES string of the molecule is CCCCCCCCCCCCCCCCCC(=O)O[C@H](COC(=O)CCCCCCCCCCCCCCCC)COP(=O)(O)OC[C@@H](O)COP(=O)(O)OC[C@@H](COC(=O)CCCCCCCCCCC(C)C)OC(=O)CCCCCCCCCCCC(C)C. The predicted octanol–water partition coefficient (Wildman–Crippen LogP) is 21.2. The van der Waals surface area contributed by atoms with Gasteiger partial charge in [0.1, 0.15) is 19.3 Å². The molecule has 0 spiro atoms. The maximum atomic E-state index is 13.1. The lowest BCUT2D eigenvalue weighted by atomic mass is 10.0. The monoisotopic (exact) mass is 1350 g/mol. The summed E-state index contributed by atoms with van der Waals surface area (Å²) < 4.78 is 68.4. The zero-order chi connectivity index (χ0) is 67.9. The van der Waals surface area contributed by atoms with Gasteiger partial charge in [-0.1, -0.05) is 324 Å². The Morgan fingerprint density at radius 3 is 0.739 bits per heavy atom. The average molecular weight is 1350 g/mol. The fraction of sp³-hybridized carbons (Fsp3) is 0.945. The van der Waals surface area contributed by atoms with Crippen LogP contribution in [0.15, 0.2) is 0 Å². The van der Waals surface area contributed by atoms with E-state index < -0.39 is 97.5 Å². The lowest BCUT2D eigenvalue weighted by molar-refractivity contribution is -0.161. The molecule has 546 valence electrons. The lowest BCUT2D eigenvalue weighted by Gasteiger charge is -2.21. The fourth-order valence-electron chi connectivity index (χ4n) is 11.1. The standard InChI is InChI=1S/C73H142O17P2/c1-7-9-11-13-15-17-19-21-23-25-27-31-39-45-51-57-72(77)89-68(61-83-70(75)55-49-43-37-30-26-24-22-20-18-16-14-12-10-8-2)63-87-91(79,80)85-59-67(74)60-86-92(81,82)88-64-69(62-84-71(76)56-50-44-38-34-33-36-42-48-54-66(5)6)90-73(78)58-52-46-40-32-28-29-35-41-47-53-65(3)4/h65-69,74H,7-64H2,1-6H3,(H,79,80)(H,81,82)/t67-,68-,69-/m1/s1. The van der Waals surface area contributed by atoms with Gasteiger partial charge in [0.2, 0.25) is 0 Å². The predicted molar refractivity (Wildman–Crippen MR) is 372 cm³/mol. The Morgan fingerprint density at radius 2 is 0.500 bits per heavy atom. The quantitative estimate of drug-likeness (QED) is 0.0222. The molecule has 0 radical (unpaired) electrons. The molecule has 0 fully saturated rings. The number of ether oxygens (including phenoxy) is 4. The van der Waals surface area contributed by atoms with Crippen LogP contribution in [0.25, 0.3) is 0 Å². The number of unbranched alkanes of at least 4 members (excludes halogenated alkanes) is 42. The zero-order valence-corrected chi connectivity index (χ0v) is 61.6. The summed E-state index contributed by atoms with van der Waals surface area (Å²) in [5, 5.41) is 10.6. The molecule has 0 aliphatic heterocycles. The van der Waals surface area contributed by atoms with Crippen molar-refractivity contribution in [1.82, 2.24) is 0 Å². The van der Waals surface area contributed by atoms with Crippen molar-refractivity contribution in [2.24, 2.45) is 11.8 Å². The van der Waals surface area contributed by atoms with Crippen LogP contribution in [0, 0.1) is 11.8 Å². The Bertz CT molecular complexity index is 1790. The van der Waals surface area contributed by atoms with E-state index in [-0.39, 0.29) is 25.7 Å². The number of phosphoric ester groups is 2. The first-order valence-corrected chi connectivity index (χ1v) is 41.0. The van der Waals surface area contributed by atoms with Crippen molar-refractivity contribution < 1.29 is 80.2 Å². The van der Waals surface area contributed by atoms with E-state index in [1.165, 1.54) is 193 Å². The molecule has 0 aliphatic carbocycles. The molecule has 0 aliphatic rings. The molecule has 0 bridgehead atoms. The first kappa shape index (κ1) is 90.1. The van der Waals surface area contributed by atoms with Crippen LogP contribution >= 0.6 is 15.6 Å². The summed E-state index contributed by atoms with van der Waals surface area (Å²) in [6.45, 7) is 9.52. The molecule has 19 heteroatoms. The molecule has 0 heterocycles. The number of rotatable bonds is 72. The highest BCUT2D eigenvalue weighted by Gasteiger charge is 2.30. The van der Waals surface area contributed by atoms with Crippen molar-refractivity contribution in [1.29, 1.82) is 0 Å². The Morgan fingerprint density at radius 1 is 0.293 bits per heavy atom. The molecule has 0 aromatic heterocycles. The minimum Gasteiger partial charge on any atom is -0.462 e. The maximum absolute atomic E-state index is 13.1. The molecule has 0 amide bonds. The number of carbonyl (C=O) groups is 4. The Balaban J connectivity index is 5.26. The van der Waals surface area contributed by atoms with E-state index in [1.807, 2.05) is 0 Å². The number of phosphoric acid groups is 2. The number of aliphatic hydroxyl groups is 1. The minimum absolute atomic E-state index is 0.105. The van der Waals surface area contributed by atoms with Crippen LogP contribution in [0.4, 0.5) is 0 Å². The largest absolute Gasteiger partial charge is 0.472 e. The molecular weight excluding hydrogens is 1210 g/mol. The Hall–Kier alpha value is -1.94. The molecule has 3 N–H and O–H groups in total. The second-order valence-corrected chi connectivity index (χ2v) is 30.2. The fourth-order valence-corrected chi connectivity index (χ4v) is 12.7. The lowest BCUT2D eigenvalue weighted by Crippen LogP contribution is -2.30. The van der Waals surface area contributed by atoms with Crippen LogP contribution in [-0.4, -0.2) is 96.7 Å². The van der Waals surface area contributed by atoms with Gasteiger partial charge in [0.15, 0.2) is 12.2 Å². The van der Waals surface area contributed by atoms with Gasteiger partial charge >= 0.3 is 39.5 Å². The smallest absolute Gasteiger partial charge is 0.462 e. The summed E-state index contributed by atoms with van der Waals surface area (Å²) in [7, 11) is -9.91. The molecule has 92 heavy (non-hydrogen) atoms. The summed E-state index contributed by atoms with van der Waals surface area (Å²) in [6.07, 6.45) is 51.3. The van der Waals surface area contributed by atoms with Crippen molar-refractivity contribution in [3.8, 4) is 0 Å². The van der Waals surface area contributed by atoms with Crippen LogP contribution in [0.1, 0.15) is 375 Å². The van der Waals surface area contributed by atoms with E-state index in [0.717, 1.165) is 102 Å². The van der Waals surface area contributed by atoms with E-state index >= 15 is 0 Å². The molecule has 0 aromatic rings. The highest BCUT2D eigenvalue weighted by Crippen LogP contribution is 2.45.